The summed E-state index contributed by atoms with van der Waals surface area (Å²) in [6.45, 7) is 10.3. The van der Waals surface area contributed by atoms with Crippen LogP contribution in [0.4, 0.5) is 0 Å². The van der Waals surface area contributed by atoms with Crippen molar-refractivity contribution < 1.29 is 4.79 Å². The molecule has 0 aromatic carbocycles. The monoisotopic (exact) mass is 206 g/mol. The van der Waals surface area contributed by atoms with Gasteiger partial charge in [-0.25, -0.2) is 0 Å². The molecule has 0 spiro atoms. The smallest absolute Gasteiger partial charge is 0.155 e. The van der Waals surface area contributed by atoms with Crippen LogP contribution < -0.4 is 0 Å². The van der Waals surface area contributed by atoms with E-state index in [0.29, 0.717) is 11.3 Å². The van der Waals surface area contributed by atoms with Crippen LogP contribution in [-0.4, -0.2) is 5.78 Å². The van der Waals surface area contributed by atoms with Gasteiger partial charge < -0.3 is 0 Å². The first kappa shape index (κ1) is 12.2. The molecule has 0 saturated heterocycles. The predicted molar refractivity (Wildman–Crippen MR) is 64.7 cm³/mol. The first-order valence-corrected chi connectivity index (χ1v) is 5.70. The van der Waals surface area contributed by atoms with Gasteiger partial charge in [-0.05, 0) is 50.5 Å². The van der Waals surface area contributed by atoms with Gasteiger partial charge in [0.25, 0.3) is 0 Å². The number of carbonyl (C=O) groups excluding carboxylic acids is 1. The molecule has 1 heteroatoms. The standard InChI is InChI=1S/C14H22O/c1-10(12(3)15)6-8-13-9-7-11(2)14(13,4)5/h6-7,13H,8-9H2,1-5H3/b10-6+. The van der Waals surface area contributed by atoms with Crippen molar-refractivity contribution in [1.29, 1.82) is 0 Å². The molecule has 1 aliphatic rings. The summed E-state index contributed by atoms with van der Waals surface area (Å²) in [6.07, 6.45) is 6.61. The lowest BCUT2D eigenvalue weighted by Crippen LogP contribution is -2.19. The van der Waals surface area contributed by atoms with Crippen LogP contribution in [0.2, 0.25) is 0 Å². The summed E-state index contributed by atoms with van der Waals surface area (Å²) in [7, 11) is 0. The van der Waals surface area contributed by atoms with E-state index < -0.39 is 0 Å². The van der Waals surface area contributed by atoms with Gasteiger partial charge in [-0.2, -0.15) is 0 Å². The molecule has 84 valence electrons. The van der Waals surface area contributed by atoms with E-state index in [9.17, 15) is 4.79 Å². The summed E-state index contributed by atoms with van der Waals surface area (Å²) in [4.78, 5) is 11.1. The van der Waals surface area contributed by atoms with Gasteiger partial charge in [0, 0.05) is 0 Å². The molecular formula is C14H22O. The molecule has 1 rings (SSSR count). The third-order valence-electron chi connectivity index (χ3n) is 4.01. The van der Waals surface area contributed by atoms with Crippen LogP contribution in [0.25, 0.3) is 0 Å². The van der Waals surface area contributed by atoms with E-state index in [0.717, 1.165) is 18.4 Å². The van der Waals surface area contributed by atoms with Gasteiger partial charge in [0.1, 0.15) is 0 Å². The lowest BCUT2D eigenvalue weighted by Gasteiger charge is -2.29. The first-order chi connectivity index (χ1) is 6.85. The molecule has 1 atom stereocenters. The third kappa shape index (κ3) is 2.58. The van der Waals surface area contributed by atoms with Crippen molar-refractivity contribution in [2.24, 2.45) is 11.3 Å². The molecule has 0 amide bonds. The highest BCUT2D eigenvalue weighted by Crippen LogP contribution is 2.44. The average molecular weight is 206 g/mol. The Kier molecular flexibility index (Phi) is 3.54. The Labute approximate surface area is 93.3 Å². The Morgan fingerprint density at radius 3 is 2.53 bits per heavy atom. The Morgan fingerprint density at radius 1 is 1.53 bits per heavy atom. The topological polar surface area (TPSA) is 17.1 Å². The van der Waals surface area contributed by atoms with Crippen LogP contribution in [-0.2, 0) is 4.79 Å². The molecule has 0 aromatic heterocycles. The molecular weight excluding hydrogens is 184 g/mol. The van der Waals surface area contributed by atoms with E-state index >= 15 is 0 Å². The molecule has 0 radical (unpaired) electrons. The van der Waals surface area contributed by atoms with E-state index in [1.54, 1.807) is 6.92 Å². The molecule has 0 aliphatic heterocycles. The summed E-state index contributed by atoms with van der Waals surface area (Å²) >= 11 is 0. The van der Waals surface area contributed by atoms with Gasteiger partial charge in [-0.3, -0.25) is 4.79 Å². The molecule has 1 nitrogen and oxygen atoms in total. The van der Waals surface area contributed by atoms with E-state index in [-0.39, 0.29) is 5.78 Å². The number of allylic oxidation sites excluding steroid dienone is 4. The molecule has 1 unspecified atom stereocenters. The van der Waals surface area contributed by atoms with Crippen molar-refractivity contribution >= 4 is 5.78 Å². The van der Waals surface area contributed by atoms with E-state index in [1.807, 2.05) is 6.92 Å². The van der Waals surface area contributed by atoms with Crippen LogP contribution in [0.1, 0.15) is 47.5 Å². The molecule has 0 saturated carbocycles. The highest BCUT2D eigenvalue weighted by molar-refractivity contribution is 5.92. The summed E-state index contributed by atoms with van der Waals surface area (Å²) in [5.74, 6) is 0.849. The van der Waals surface area contributed by atoms with Crippen molar-refractivity contribution in [2.75, 3.05) is 0 Å². The number of carbonyl (C=O) groups is 1. The first-order valence-electron chi connectivity index (χ1n) is 5.70. The largest absolute Gasteiger partial charge is 0.295 e. The second-order valence-electron chi connectivity index (χ2n) is 5.22. The SMILES string of the molecule is CC(=O)/C(C)=C/CC1CC=C(C)C1(C)C. The van der Waals surface area contributed by atoms with Gasteiger partial charge in [-0.1, -0.05) is 31.6 Å². The number of rotatable bonds is 3. The second-order valence-corrected chi connectivity index (χ2v) is 5.22. The van der Waals surface area contributed by atoms with Gasteiger partial charge in [0.05, 0.1) is 0 Å². The molecule has 15 heavy (non-hydrogen) atoms. The fourth-order valence-corrected chi connectivity index (χ4v) is 2.05. The summed E-state index contributed by atoms with van der Waals surface area (Å²) in [5.41, 5.74) is 2.69. The minimum atomic E-state index is 0.190. The quantitative estimate of drug-likeness (QED) is 0.505. The van der Waals surface area contributed by atoms with Crippen LogP contribution in [0.5, 0.6) is 0 Å². The maximum Gasteiger partial charge on any atom is 0.155 e. The molecule has 0 bridgehead atoms. The highest BCUT2D eigenvalue weighted by atomic mass is 16.1. The number of hydrogen-bond donors (Lipinski definition) is 0. The molecule has 0 aromatic rings. The van der Waals surface area contributed by atoms with Crippen molar-refractivity contribution in [3.8, 4) is 0 Å². The number of hydrogen-bond acceptors (Lipinski definition) is 1. The van der Waals surface area contributed by atoms with E-state index in [1.165, 1.54) is 5.57 Å². The highest BCUT2D eigenvalue weighted by Gasteiger charge is 2.33. The fraction of sp³-hybridized carbons (Fsp3) is 0.643. The Morgan fingerprint density at radius 2 is 2.13 bits per heavy atom. The maximum absolute atomic E-state index is 11.1. The zero-order chi connectivity index (χ0) is 11.6. The van der Waals surface area contributed by atoms with Gasteiger partial charge >= 0.3 is 0 Å². The van der Waals surface area contributed by atoms with E-state index in [4.69, 9.17) is 0 Å². The van der Waals surface area contributed by atoms with Crippen molar-refractivity contribution in [3.63, 3.8) is 0 Å². The zero-order valence-electron chi connectivity index (χ0n) is 10.6. The third-order valence-corrected chi connectivity index (χ3v) is 4.01. The van der Waals surface area contributed by atoms with Crippen molar-refractivity contribution in [2.45, 2.75) is 47.5 Å². The fourth-order valence-electron chi connectivity index (χ4n) is 2.05. The minimum absolute atomic E-state index is 0.190. The Balaban J connectivity index is 2.64. The second kappa shape index (κ2) is 4.34. The lowest BCUT2D eigenvalue weighted by atomic mass is 9.76. The molecule has 0 N–H and O–H groups in total. The Hall–Kier alpha value is -0.850. The van der Waals surface area contributed by atoms with E-state index in [2.05, 4.69) is 32.9 Å². The Bertz CT molecular complexity index is 318. The average Bonchev–Trinajstić information content (AvgIpc) is 2.39. The summed E-state index contributed by atoms with van der Waals surface area (Å²) in [5, 5.41) is 0. The maximum atomic E-state index is 11.1. The lowest BCUT2D eigenvalue weighted by molar-refractivity contribution is -0.113. The summed E-state index contributed by atoms with van der Waals surface area (Å²) < 4.78 is 0. The molecule has 1 aliphatic carbocycles. The van der Waals surface area contributed by atoms with Crippen LogP contribution in [0.3, 0.4) is 0 Å². The van der Waals surface area contributed by atoms with Crippen LogP contribution in [0.15, 0.2) is 23.3 Å². The molecule has 0 heterocycles. The van der Waals surface area contributed by atoms with Gasteiger partial charge in [0.2, 0.25) is 0 Å². The zero-order valence-corrected chi connectivity index (χ0v) is 10.6. The number of ketones is 1. The van der Waals surface area contributed by atoms with Crippen molar-refractivity contribution in [3.05, 3.63) is 23.3 Å². The minimum Gasteiger partial charge on any atom is -0.295 e. The van der Waals surface area contributed by atoms with Gasteiger partial charge in [-0.15, -0.1) is 0 Å². The van der Waals surface area contributed by atoms with Gasteiger partial charge in [0.15, 0.2) is 5.78 Å². The van der Waals surface area contributed by atoms with Crippen molar-refractivity contribution in [1.82, 2.24) is 0 Å². The predicted octanol–water partition coefficient (Wildman–Crippen LogP) is 3.90. The number of Topliss-reactive ketones (excluding diaryl/α,β-unsaturated/α-hetero) is 1. The van der Waals surface area contributed by atoms with Crippen LogP contribution >= 0.6 is 0 Å². The van der Waals surface area contributed by atoms with Crippen LogP contribution in [0, 0.1) is 11.3 Å². The normalized spacial score (nSPS) is 25.3. The molecule has 0 fully saturated rings. The summed E-state index contributed by atoms with van der Waals surface area (Å²) in [6, 6.07) is 0.